The highest BCUT2D eigenvalue weighted by atomic mass is 32.2. The zero-order valence-corrected chi connectivity index (χ0v) is 19.1. The van der Waals surface area contributed by atoms with Crippen LogP contribution in [0.3, 0.4) is 0 Å². The van der Waals surface area contributed by atoms with Crippen LogP contribution in [0.15, 0.2) is 46.5 Å². The molecule has 0 atom stereocenters. The van der Waals surface area contributed by atoms with Gasteiger partial charge in [-0.2, -0.15) is 18.4 Å². The smallest absolute Gasteiger partial charge is 0.422 e. The molecule has 2 aromatic heterocycles. The first-order chi connectivity index (χ1) is 16.2. The summed E-state index contributed by atoms with van der Waals surface area (Å²) in [6.07, 6.45) is -1.70. The fourth-order valence-corrected chi connectivity index (χ4v) is 4.09. The number of alkyl halides is 3. The number of thioether (sulfide) groups is 1. The van der Waals surface area contributed by atoms with Crippen molar-refractivity contribution in [1.29, 1.82) is 5.26 Å². The Morgan fingerprint density at radius 2 is 2.00 bits per heavy atom. The molecule has 0 saturated heterocycles. The van der Waals surface area contributed by atoms with E-state index in [4.69, 9.17) is 10.00 Å². The topological polar surface area (TPSA) is 102 Å². The standard InChI is InChI=1S/C22H22F3N5O3S/c1-29-12-9-17-19(29)20(32)30(15-5-7-16(8-6-15)33-14-22(23,24)25)21(28-17)34-13-2-4-18(31)27-11-3-10-26/h5-9,12H,2-4,11,13-14H2,1H3,(H,27,31). The van der Waals surface area contributed by atoms with Gasteiger partial charge >= 0.3 is 6.18 Å². The highest BCUT2D eigenvalue weighted by Gasteiger charge is 2.28. The first kappa shape index (κ1) is 25.2. The minimum atomic E-state index is -4.45. The average molecular weight is 494 g/mol. The maximum absolute atomic E-state index is 13.3. The second kappa shape index (κ2) is 11.1. The van der Waals surface area contributed by atoms with Gasteiger partial charge in [-0.15, -0.1) is 0 Å². The number of benzene rings is 1. The maximum atomic E-state index is 13.3. The van der Waals surface area contributed by atoms with Crippen LogP contribution in [-0.4, -0.2) is 45.1 Å². The number of fused-ring (bicyclic) bond motifs is 1. The van der Waals surface area contributed by atoms with Crippen LogP contribution in [0.5, 0.6) is 5.75 Å². The lowest BCUT2D eigenvalue weighted by molar-refractivity contribution is -0.153. The number of hydrogen-bond acceptors (Lipinski definition) is 6. The van der Waals surface area contributed by atoms with Crippen molar-refractivity contribution in [3.8, 4) is 17.5 Å². The number of amides is 1. The lowest BCUT2D eigenvalue weighted by Crippen LogP contribution is -2.24. The third-order valence-electron chi connectivity index (χ3n) is 4.70. The van der Waals surface area contributed by atoms with E-state index in [0.29, 0.717) is 40.6 Å². The molecule has 0 aliphatic rings. The summed E-state index contributed by atoms with van der Waals surface area (Å²) < 4.78 is 45.0. The summed E-state index contributed by atoms with van der Waals surface area (Å²) in [5.74, 6) is 0.372. The molecule has 8 nitrogen and oxygen atoms in total. The fourth-order valence-electron chi connectivity index (χ4n) is 3.14. The van der Waals surface area contributed by atoms with Crippen molar-refractivity contribution < 1.29 is 22.7 Å². The van der Waals surface area contributed by atoms with Gasteiger partial charge in [0.05, 0.1) is 23.7 Å². The van der Waals surface area contributed by atoms with Gasteiger partial charge in [-0.1, -0.05) is 11.8 Å². The number of hydrogen-bond donors (Lipinski definition) is 1. The summed E-state index contributed by atoms with van der Waals surface area (Å²) in [5, 5.41) is 11.6. The number of nitriles is 1. The Labute approximate surface area is 197 Å². The molecular weight excluding hydrogens is 471 g/mol. The second-order valence-corrected chi connectivity index (χ2v) is 8.37. The largest absolute Gasteiger partial charge is 0.484 e. The van der Waals surface area contributed by atoms with E-state index in [0.717, 1.165) is 0 Å². The van der Waals surface area contributed by atoms with Gasteiger partial charge in [0.1, 0.15) is 11.3 Å². The lowest BCUT2D eigenvalue weighted by Gasteiger charge is -2.14. The Kier molecular flexibility index (Phi) is 8.22. The minimum Gasteiger partial charge on any atom is -0.484 e. The van der Waals surface area contributed by atoms with E-state index < -0.39 is 12.8 Å². The fraction of sp³-hybridized carbons (Fsp3) is 0.364. The number of nitrogens with one attached hydrogen (secondary N) is 1. The summed E-state index contributed by atoms with van der Waals surface area (Å²) in [6, 6.07) is 9.40. The molecule has 0 saturated carbocycles. The van der Waals surface area contributed by atoms with Crippen LogP contribution < -0.4 is 15.6 Å². The molecule has 2 heterocycles. The van der Waals surface area contributed by atoms with Gasteiger partial charge in [-0.25, -0.2) is 4.98 Å². The first-order valence-electron chi connectivity index (χ1n) is 10.3. The van der Waals surface area contributed by atoms with Gasteiger partial charge in [0, 0.05) is 32.0 Å². The zero-order chi connectivity index (χ0) is 24.7. The molecule has 0 radical (unpaired) electrons. The molecule has 1 aromatic carbocycles. The molecule has 12 heteroatoms. The van der Waals surface area contributed by atoms with Crippen molar-refractivity contribution in [3.63, 3.8) is 0 Å². The molecule has 1 amide bonds. The molecule has 0 spiro atoms. The number of rotatable bonds is 10. The summed E-state index contributed by atoms with van der Waals surface area (Å²) in [7, 11) is 1.72. The van der Waals surface area contributed by atoms with Gasteiger partial charge in [0.15, 0.2) is 11.8 Å². The lowest BCUT2D eigenvalue weighted by atomic mass is 10.3. The predicted octanol–water partition coefficient (Wildman–Crippen LogP) is 3.57. The third kappa shape index (κ3) is 6.54. The number of ether oxygens (including phenoxy) is 1. The quantitative estimate of drug-likeness (QED) is 0.263. The molecule has 0 aliphatic heterocycles. The van der Waals surface area contributed by atoms with Crippen molar-refractivity contribution in [1.82, 2.24) is 19.4 Å². The van der Waals surface area contributed by atoms with Gasteiger partial charge < -0.3 is 14.6 Å². The molecule has 0 aliphatic carbocycles. The van der Waals surface area contributed by atoms with Crippen LogP contribution >= 0.6 is 11.8 Å². The molecule has 3 rings (SSSR count). The average Bonchev–Trinajstić information content (AvgIpc) is 3.16. The Balaban J connectivity index is 1.80. The molecule has 34 heavy (non-hydrogen) atoms. The molecular formula is C22H22F3N5O3S. The van der Waals surface area contributed by atoms with E-state index in [9.17, 15) is 22.8 Å². The van der Waals surface area contributed by atoms with Crippen molar-refractivity contribution >= 4 is 28.7 Å². The van der Waals surface area contributed by atoms with Crippen LogP contribution in [0, 0.1) is 11.3 Å². The highest BCUT2D eigenvalue weighted by molar-refractivity contribution is 7.99. The summed E-state index contributed by atoms with van der Waals surface area (Å²) in [4.78, 5) is 29.7. The first-order valence-corrected chi connectivity index (χ1v) is 11.3. The number of halogens is 3. The van der Waals surface area contributed by atoms with E-state index >= 15 is 0 Å². The van der Waals surface area contributed by atoms with Crippen molar-refractivity contribution in [2.45, 2.75) is 30.6 Å². The zero-order valence-electron chi connectivity index (χ0n) is 18.3. The third-order valence-corrected chi connectivity index (χ3v) is 5.72. The van der Waals surface area contributed by atoms with Gasteiger partial charge in [-0.05, 0) is 36.8 Å². The SMILES string of the molecule is Cn1ccc2nc(SCCCC(=O)NCCC#N)n(-c3ccc(OCC(F)(F)F)cc3)c(=O)c21. The number of carbonyl (C=O) groups excluding carboxylic acids is 1. The molecule has 0 fully saturated rings. The molecule has 1 N–H and O–H groups in total. The van der Waals surface area contributed by atoms with E-state index in [1.54, 1.807) is 23.9 Å². The van der Waals surface area contributed by atoms with Crippen LogP contribution in [-0.2, 0) is 11.8 Å². The van der Waals surface area contributed by atoms with E-state index in [1.807, 2.05) is 6.07 Å². The van der Waals surface area contributed by atoms with Gasteiger partial charge in [0.2, 0.25) is 5.91 Å². The predicted molar refractivity (Wildman–Crippen MR) is 121 cm³/mol. The summed E-state index contributed by atoms with van der Waals surface area (Å²) in [6.45, 7) is -1.11. The number of aryl methyl sites for hydroxylation is 1. The highest BCUT2D eigenvalue weighted by Crippen LogP contribution is 2.25. The van der Waals surface area contributed by atoms with E-state index in [1.165, 1.54) is 40.6 Å². The Morgan fingerprint density at radius 1 is 1.26 bits per heavy atom. The van der Waals surface area contributed by atoms with E-state index in [-0.39, 0.29) is 30.1 Å². The molecule has 180 valence electrons. The number of aromatic nitrogens is 3. The van der Waals surface area contributed by atoms with Crippen LogP contribution in [0.1, 0.15) is 19.3 Å². The Morgan fingerprint density at radius 3 is 2.68 bits per heavy atom. The number of nitrogens with zero attached hydrogens (tertiary/aromatic N) is 4. The molecule has 3 aromatic rings. The number of carbonyl (C=O) groups is 1. The normalized spacial score (nSPS) is 11.4. The summed E-state index contributed by atoms with van der Waals surface area (Å²) in [5.41, 5.74) is 1.01. The van der Waals surface area contributed by atoms with Crippen LogP contribution in [0.2, 0.25) is 0 Å². The molecule has 0 bridgehead atoms. The molecule has 0 unspecified atom stereocenters. The maximum Gasteiger partial charge on any atom is 0.422 e. The van der Waals surface area contributed by atoms with Crippen LogP contribution in [0.25, 0.3) is 16.7 Å². The van der Waals surface area contributed by atoms with Crippen molar-refractivity contribution in [2.75, 3.05) is 18.9 Å². The van der Waals surface area contributed by atoms with Gasteiger partial charge in [0.25, 0.3) is 5.56 Å². The Bertz CT molecular complexity index is 1250. The van der Waals surface area contributed by atoms with E-state index in [2.05, 4.69) is 10.3 Å². The monoisotopic (exact) mass is 493 g/mol. The summed E-state index contributed by atoms with van der Waals surface area (Å²) >= 11 is 1.30. The van der Waals surface area contributed by atoms with Crippen molar-refractivity contribution in [3.05, 3.63) is 46.9 Å². The second-order valence-electron chi connectivity index (χ2n) is 7.30. The van der Waals surface area contributed by atoms with Crippen molar-refractivity contribution in [2.24, 2.45) is 7.05 Å². The minimum absolute atomic E-state index is 0.0265. The van der Waals surface area contributed by atoms with Crippen LogP contribution in [0.4, 0.5) is 13.2 Å². The Hall–Kier alpha value is -3.46. The van der Waals surface area contributed by atoms with Gasteiger partial charge in [-0.3, -0.25) is 14.2 Å².